The molecule has 3 rings (SSSR count). The summed E-state index contributed by atoms with van der Waals surface area (Å²) in [6, 6.07) is 17.9. The van der Waals surface area contributed by atoms with Gasteiger partial charge < -0.3 is 5.11 Å². The minimum absolute atomic E-state index is 0.437. The van der Waals surface area contributed by atoms with Gasteiger partial charge in [0, 0.05) is 0 Å². The fraction of sp³-hybridized carbons (Fsp3) is 0.133. The highest BCUT2D eigenvalue weighted by Gasteiger charge is 2.51. The monoisotopic (exact) mass is 254 g/mol. The molecular formula is C15H14N2O2. The van der Waals surface area contributed by atoms with Gasteiger partial charge in [0.05, 0.1) is 6.04 Å². The van der Waals surface area contributed by atoms with E-state index in [1.807, 2.05) is 36.4 Å². The van der Waals surface area contributed by atoms with Gasteiger partial charge in [-0.3, -0.25) is 10.2 Å². The summed E-state index contributed by atoms with van der Waals surface area (Å²) in [7, 11) is 0. The van der Waals surface area contributed by atoms with Gasteiger partial charge in [-0.25, -0.2) is 5.43 Å². The lowest BCUT2D eigenvalue weighted by molar-refractivity contribution is -0.137. The lowest BCUT2D eigenvalue weighted by Crippen LogP contribution is -2.38. The first-order chi connectivity index (χ1) is 9.23. The van der Waals surface area contributed by atoms with Crippen molar-refractivity contribution in [1.29, 1.82) is 0 Å². The number of benzene rings is 2. The highest BCUT2D eigenvalue weighted by molar-refractivity contribution is 5.89. The van der Waals surface area contributed by atoms with E-state index in [9.17, 15) is 9.90 Å². The van der Waals surface area contributed by atoms with Gasteiger partial charge in [-0.05, 0) is 11.1 Å². The van der Waals surface area contributed by atoms with Crippen LogP contribution in [0.25, 0.3) is 0 Å². The summed E-state index contributed by atoms with van der Waals surface area (Å²) in [5.74, 6) is -0.437. The normalized spacial score (nSPS) is 26.2. The predicted molar refractivity (Wildman–Crippen MR) is 70.8 cm³/mol. The first-order valence-electron chi connectivity index (χ1n) is 6.12. The van der Waals surface area contributed by atoms with Gasteiger partial charge in [0.1, 0.15) is 0 Å². The van der Waals surface area contributed by atoms with E-state index in [-0.39, 0.29) is 0 Å². The largest absolute Gasteiger partial charge is 0.374 e. The van der Waals surface area contributed by atoms with Gasteiger partial charge in [-0.15, -0.1) is 0 Å². The van der Waals surface area contributed by atoms with Crippen molar-refractivity contribution >= 4 is 5.91 Å². The zero-order chi connectivity index (χ0) is 13.3. The Morgan fingerprint density at radius 2 is 1.53 bits per heavy atom. The Labute approximate surface area is 111 Å². The van der Waals surface area contributed by atoms with Crippen molar-refractivity contribution in [3.63, 3.8) is 0 Å². The van der Waals surface area contributed by atoms with Crippen LogP contribution in [0.1, 0.15) is 17.2 Å². The van der Waals surface area contributed by atoms with Gasteiger partial charge in [-0.2, -0.15) is 0 Å². The van der Waals surface area contributed by atoms with E-state index in [1.54, 1.807) is 24.3 Å². The first-order valence-corrected chi connectivity index (χ1v) is 6.12. The van der Waals surface area contributed by atoms with Crippen LogP contribution in [0.15, 0.2) is 60.7 Å². The Bertz CT molecular complexity index is 586. The number of nitrogens with one attached hydrogen (secondary N) is 2. The maximum absolute atomic E-state index is 12.1. The number of hydrogen-bond donors (Lipinski definition) is 3. The minimum Gasteiger partial charge on any atom is -0.374 e. The van der Waals surface area contributed by atoms with Crippen LogP contribution >= 0.6 is 0 Å². The fourth-order valence-corrected chi connectivity index (χ4v) is 2.43. The molecule has 0 radical (unpaired) electrons. The smallest absolute Gasteiger partial charge is 0.272 e. The van der Waals surface area contributed by atoms with Crippen LogP contribution in [-0.4, -0.2) is 11.0 Å². The van der Waals surface area contributed by atoms with Crippen LogP contribution in [-0.2, 0) is 10.4 Å². The van der Waals surface area contributed by atoms with Gasteiger partial charge in [0.15, 0.2) is 5.60 Å². The molecule has 1 saturated heterocycles. The van der Waals surface area contributed by atoms with E-state index in [2.05, 4.69) is 10.9 Å². The van der Waals surface area contributed by atoms with Crippen molar-refractivity contribution in [2.24, 2.45) is 0 Å². The number of aliphatic hydroxyl groups is 1. The zero-order valence-corrected chi connectivity index (χ0v) is 10.2. The molecule has 1 heterocycles. The predicted octanol–water partition coefficient (Wildman–Crippen LogP) is 1.25. The van der Waals surface area contributed by atoms with Crippen molar-refractivity contribution in [2.45, 2.75) is 11.6 Å². The summed E-state index contributed by atoms with van der Waals surface area (Å²) >= 11 is 0. The average Bonchev–Trinajstić information content (AvgIpc) is 2.78. The van der Waals surface area contributed by atoms with Gasteiger partial charge in [-0.1, -0.05) is 60.7 Å². The van der Waals surface area contributed by atoms with E-state index in [4.69, 9.17) is 0 Å². The van der Waals surface area contributed by atoms with Crippen LogP contribution < -0.4 is 10.9 Å². The van der Waals surface area contributed by atoms with Crippen LogP contribution in [0.2, 0.25) is 0 Å². The van der Waals surface area contributed by atoms with Crippen LogP contribution in [0, 0.1) is 0 Å². The lowest BCUT2D eigenvalue weighted by atomic mass is 9.83. The second kappa shape index (κ2) is 4.50. The van der Waals surface area contributed by atoms with E-state index >= 15 is 0 Å². The Morgan fingerprint density at radius 1 is 0.947 bits per heavy atom. The Balaban J connectivity index is 2.09. The molecule has 1 aliphatic heterocycles. The maximum Gasteiger partial charge on any atom is 0.272 e. The van der Waals surface area contributed by atoms with E-state index in [1.165, 1.54) is 0 Å². The second-order valence-electron chi connectivity index (χ2n) is 4.57. The molecule has 2 aromatic carbocycles. The summed E-state index contributed by atoms with van der Waals surface area (Å²) in [6.07, 6.45) is 0. The molecule has 19 heavy (non-hydrogen) atoms. The van der Waals surface area contributed by atoms with Crippen molar-refractivity contribution in [2.75, 3.05) is 0 Å². The number of hydrazine groups is 1. The molecule has 0 aromatic heterocycles. The highest BCUT2D eigenvalue weighted by Crippen LogP contribution is 2.37. The zero-order valence-electron chi connectivity index (χ0n) is 10.2. The Morgan fingerprint density at radius 3 is 2.16 bits per heavy atom. The quantitative estimate of drug-likeness (QED) is 0.756. The second-order valence-corrected chi connectivity index (χ2v) is 4.57. The highest BCUT2D eigenvalue weighted by atomic mass is 16.3. The number of carbonyl (C=O) groups excluding carboxylic acids is 1. The number of hydrogen-bond acceptors (Lipinski definition) is 3. The third kappa shape index (κ3) is 1.82. The van der Waals surface area contributed by atoms with Gasteiger partial charge in [0.2, 0.25) is 0 Å². The molecule has 0 spiro atoms. The van der Waals surface area contributed by atoms with Crippen molar-refractivity contribution in [3.05, 3.63) is 71.8 Å². The summed E-state index contributed by atoms with van der Waals surface area (Å²) in [5, 5.41) is 10.9. The molecule has 4 heteroatoms. The number of rotatable bonds is 2. The molecular weight excluding hydrogens is 240 g/mol. The van der Waals surface area contributed by atoms with E-state index in [0.29, 0.717) is 5.56 Å². The fourth-order valence-electron chi connectivity index (χ4n) is 2.43. The van der Waals surface area contributed by atoms with Crippen molar-refractivity contribution in [3.8, 4) is 0 Å². The molecule has 2 aromatic rings. The van der Waals surface area contributed by atoms with E-state index < -0.39 is 17.6 Å². The molecule has 96 valence electrons. The molecule has 3 N–H and O–H groups in total. The number of carbonyl (C=O) groups is 1. The summed E-state index contributed by atoms with van der Waals surface area (Å²) < 4.78 is 0. The van der Waals surface area contributed by atoms with Gasteiger partial charge in [0.25, 0.3) is 5.91 Å². The Kier molecular flexibility index (Phi) is 2.81. The first kappa shape index (κ1) is 11.9. The molecule has 4 nitrogen and oxygen atoms in total. The average molecular weight is 254 g/mol. The third-order valence-electron chi connectivity index (χ3n) is 3.44. The molecule has 1 aliphatic rings. The topological polar surface area (TPSA) is 61.4 Å². The molecule has 0 unspecified atom stereocenters. The molecule has 2 atom stereocenters. The molecule has 1 amide bonds. The summed E-state index contributed by atoms with van der Waals surface area (Å²) in [6.45, 7) is 0. The van der Waals surface area contributed by atoms with Crippen molar-refractivity contribution < 1.29 is 9.90 Å². The van der Waals surface area contributed by atoms with Crippen LogP contribution in [0.4, 0.5) is 0 Å². The summed E-state index contributed by atoms with van der Waals surface area (Å²) in [5.41, 5.74) is 5.22. The van der Waals surface area contributed by atoms with Crippen molar-refractivity contribution in [1.82, 2.24) is 10.9 Å². The van der Waals surface area contributed by atoms with E-state index in [0.717, 1.165) is 5.56 Å². The standard InChI is InChI=1S/C15H14N2O2/c18-14-15(19,12-9-5-2-6-10-12)13(16-17-14)11-7-3-1-4-8-11/h1-10,13,16,19H,(H,17,18)/t13-,15-/m1/s1. The lowest BCUT2D eigenvalue weighted by Gasteiger charge is -2.26. The minimum atomic E-state index is -1.59. The summed E-state index contributed by atoms with van der Waals surface area (Å²) in [4.78, 5) is 12.1. The molecule has 1 fully saturated rings. The maximum atomic E-state index is 12.1. The third-order valence-corrected chi connectivity index (χ3v) is 3.44. The molecule has 0 aliphatic carbocycles. The Hall–Kier alpha value is -2.17. The van der Waals surface area contributed by atoms with Gasteiger partial charge >= 0.3 is 0 Å². The van der Waals surface area contributed by atoms with Crippen LogP contribution in [0.5, 0.6) is 0 Å². The number of amides is 1. The molecule has 0 saturated carbocycles. The SMILES string of the molecule is O=C1NN[C@H](c2ccccc2)[C@]1(O)c1ccccc1. The van der Waals surface area contributed by atoms with Crippen LogP contribution in [0.3, 0.4) is 0 Å². The molecule has 0 bridgehead atoms.